The molecule has 22 heavy (non-hydrogen) atoms. The first-order valence-corrected chi connectivity index (χ1v) is 6.87. The molecule has 0 aliphatic heterocycles. The fraction of sp³-hybridized carbons (Fsp3) is 0.231. The minimum absolute atomic E-state index is 0.0383. The van der Waals surface area contributed by atoms with Gasteiger partial charge in [-0.2, -0.15) is 0 Å². The molecule has 0 spiro atoms. The van der Waals surface area contributed by atoms with Crippen molar-refractivity contribution in [1.29, 1.82) is 0 Å². The van der Waals surface area contributed by atoms with Crippen molar-refractivity contribution in [3.05, 3.63) is 26.7 Å². The summed E-state index contributed by atoms with van der Waals surface area (Å²) in [6.45, 7) is 1.19. The molecule has 0 aliphatic rings. The van der Waals surface area contributed by atoms with E-state index in [0.717, 1.165) is 13.3 Å². The second-order valence-electron chi connectivity index (χ2n) is 4.08. The molecule has 9 heteroatoms. The lowest BCUT2D eigenvalue weighted by Gasteiger charge is -2.09. The standard InChI is InChI=1S/C13H10Cl3NO5/c1-5(18)6(13(21)22-2)4-17-8-3-7(14)10(15)9(11(8)16)12(19)20/h3-4,6H,1-2H3,(H,19,20). The fourth-order valence-electron chi connectivity index (χ4n) is 1.49. The summed E-state index contributed by atoms with van der Waals surface area (Å²) in [5.74, 6) is -3.91. The minimum Gasteiger partial charge on any atom is -0.478 e. The molecule has 0 saturated carbocycles. The third kappa shape index (κ3) is 3.97. The van der Waals surface area contributed by atoms with Crippen molar-refractivity contribution in [3.63, 3.8) is 0 Å². The summed E-state index contributed by atoms with van der Waals surface area (Å²) in [6, 6.07) is 1.23. The number of aliphatic imine (C=N–C) groups is 1. The Morgan fingerprint density at radius 2 is 1.86 bits per heavy atom. The molecule has 6 nitrogen and oxygen atoms in total. The van der Waals surface area contributed by atoms with Gasteiger partial charge in [-0.05, 0) is 13.0 Å². The number of carbonyl (C=O) groups is 3. The van der Waals surface area contributed by atoms with Crippen molar-refractivity contribution in [2.75, 3.05) is 7.11 Å². The maximum Gasteiger partial charge on any atom is 0.338 e. The molecule has 0 bridgehead atoms. The summed E-state index contributed by atoms with van der Waals surface area (Å²) < 4.78 is 4.47. The summed E-state index contributed by atoms with van der Waals surface area (Å²) in [5, 5.41) is 8.52. The van der Waals surface area contributed by atoms with E-state index in [9.17, 15) is 14.4 Å². The van der Waals surface area contributed by atoms with Crippen LogP contribution in [0.25, 0.3) is 0 Å². The fourth-order valence-corrected chi connectivity index (χ4v) is 2.24. The molecule has 0 aliphatic carbocycles. The Bertz CT molecular complexity index is 672. The Morgan fingerprint density at radius 3 is 2.32 bits per heavy atom. The molecule has 1 atom stereocenters. The molecule has 0 amide bonds. The van der Waals surface area contributed by atoms with Crippen molar-refractivity contribution in [2.24, 2.45) is 10.9 Å². The van der Waals surface area contributed by atoms with Crippen molar-refractivity contribution in [2.45, 2.75) is 6.92 Å². The van der Waals surface area contributed by atoms with Crippen LogP contribution in [0.4, 0.5) is 5.69 Å². The number of carboxylic acid groups (broad SMARTS) is 1. The van der Waals surface area contributed by atoms with Crippen molar-refractivity contribution >= 4 is 64.4 Å². The third-order valence-electron chi connectivity index (χ3n) is 2.61. The number of benzene rings is 1. The lowest BCUT2D eigenvalue weighted by molar-refractivity contribution is -0.145. The van der Waals surface area contributed by atoms with E-state index in [1.165, 1.54) is 13.0 Å². The maximum atomic E-state index is 11.4. The van der Waals surface area contributed by atoms with Crippen LogP contribution >= 0.6 is 34.8 Å². The van der Waals surface area contributed by atoms with Gasteiger partial charge in [0.15, 0.2) is 5.92 Å². The predicted octanol–water partition coefficient (Wildman–Crippen LogP) is 3.43. The topological polar surface area (TPSA) is 93.0 Å². The minimum atomic E-state index is -1.38. The molecular weight excluding hydrogens is 357 g/mol. The van der Waals surface area contributed by atoms with Crippen LogP contribution in [0.2, 0.25) is 15.1 Å². The highest BCUT2D eigenvalue weighted by atomic mass is 35.5. The molecule has 118 valence electrons. The number of hydrogen-bond donors (Lipinski definition) is 1. The van der Waals surface area contributed by atoms with Crippen LogP contribution in [0.15, 0.2) is 11.1 Å². The van der Waals surface area contributed by atoms with E-state index in [-0.39, 0.29) is 20.8 Å². The highest BCUT2D eigenvalue weighted by molar-refractivity contribution is 6.47. The Balaban J connectivity index is 3.34. The number of methoxy groups -OCH3 is 1. The van der Waals surface area contributed by atoms with Crippen LogP contribution in [-0.2, 0) is 14.3 Å². The first-order chi connectivity index (χ1) is 10.2. The number of ketones is 1. The van der Waals surface area contributed by atoms with E-state index in [0.29, 0.717) is 0 Å². The van der Waals surface area contributed by atoms with Gasteiger partial charge in [-0.25, -0.2) is 4.79 Å². The summed E-state index contributed by atoms with van der Waals surface area (Å²) in [4.78, 5) is 37.8. The number of halogens is 3. The van der Waals surface area contributed by atoms with Crippen LogP contribution in [-0.4, -0.2) is 36.2 Å². The van der Waals surface area contributed by atoms with E-state index >= 15 is 0 Å². The molecule has 0 heterocycles. The molecule has 0 radical (unpaired) electrons. The van der Waals surface area contributed by atoms with E-state index < -0.39 is 29.2 Å². The first kappa shape index (κ1) is 18.4. The van der Waals surface area contributed by atoms with Crippen molar-refractivity contribution < 1.29 is 24.2 Å². The van der Waals surface area contributed by atoms with Gasteiger partial charge in [-0.15, -0.1) is 0 Å². The molecule has 0 saturated heterocycles. The molecule has 0 fully saturated rings. The zero-order valence-corrected chi connectivity index (χ0v) is 13.7. The van der Waals surface area contributed by atoms with E-state index in [1.807, 2.05) is 0 Å². The Kier molecular flexibility index (Phi) is 6.34. The predicted molar refractivity (Wildman–Crippen MR) is 82.8 cm³/mol. The van der Waals surface area contributed by atoms with Gasteiger partial charge in [-0.1, -0.05) is 34.8 Å². The second kappa shape index (κ2) is 7.58. The Labute approximate surface area is 140 Å². The number of carbonyl (C=O) groups excluding carboxylic acids is 2. The summed E-state index contributed by atoms with van der Waals surface area (Å²) in [5.41, 5.74) is -0.455. The van der Waals surface area contributed by atoms with E-state index in [1.54, 1.807) is 0 Å². The lowest BCUT2D eigenvalue weighted by atomic mass is 10.1. The molecular formula is C13H10Cl3NO5. The average molecular weight is 367 g/mol. The number of rotatable bonds is 5. The number of carboxylic acids is 1. The largest absolute Gasteiger partial charge is 0.478 e. The van der Waals surface area contributed by atoms with Crippen LogP contribution in [0, 0.1) is 5.92 Å². The van der Waals surface area contributed by atoms with Crippen LogP contribution < -0.4 is 0 Å². The molecule has 1 N–H and O–H groups in total. The third-order valence-corrected chi connectivity index (χ3v) is 3.78. The molecule has 1 rings (SSSR count). The van der Waals surface area contributed by atoms with Crippen LogP contribution in [0.5, 0.6) is 0 Å². The Morgan fingerprint density at radius 1 is 1.27 bits per heavy atom. The quantitative estimate of drug-likeness (QED) is 0.373. The highest BCUT2D eigenvalue weighted by Crippen LogP contribution is 2.38. The molecule has 1 unspecified atom stereocenters. The van der Waals surface area contributed by atoms with Crippen molar-refractivity contribution in [3.8, 4) is 0 Å². The van der Waals surface area contributed by atoms with Crippen LogP contribution in [0.3, 0.4) is 0 Å². The summed E-state index contributed by atoms with van der Waals surface area (Å²) in [6.07, 6.45) is 1.01. The smallest absolute Gasteiger partial charge is 0.338 e. The summed E-state index contributed by atoms with van der Waals surface area (Å²) >= 11 is 17.5. The summed E-state index contributed by atoms with van der Waals surface area (Å²) in [7, 11) is 1.13. The number of ether oxygens (including phenoxy) is 1. The molecule has 0 aromatic heterocycles. The van der Waals surface area contributed by atoms with Gasteiger partial charge in [-0.3, -0.25) is 14.6 Å². The second-order valence-corrected chi connectivity index (χ2v) is 5.24. The maximum absolute atomic E-state index is 11.4. The number of nitrogens with zero attached hydrogens (tertiary/aromatic N) is 1. The highest BCUT2D eigenvalue weighted by Gasteiger charge is 2.23. The number of esters is 1. The van der Waals surface area contributed by atoms with Gasteiger partial charge in [0.25, 0.3) is 0 Å². The lowest BCUT2D eigenvalue weighted by Crippen LogP contribution is -2.24. The monoisotopic (exact) mass is 365 g/mol. The first-order valence-electron chi connectivity index (χ1n) is 5.74. The van der Waals surface area contributed by atoms with Gasteiger partial charge in [0.05, 0.1) is 27.9 Å². The van der Waals surface area contributed by atoms with Gasteiger partial charge in [0.1, 0.15) is 11.3 Å². The van der Waals surface area contributed by atoms with Gasteiger partial charge in [0, 0.05) is 6.21 Å². The van der Waals surface area contributed by atoms with E-state index in [2.05, 4.69) is 9.73 Å². The zero-order chi connectivity index (χ0) is 17.0. The SMILES string of the molecule is COC(=O)C(C=Nc1cc(Cl)c(Cl)c(C(=O)O)c1Cl)C(C)=O. The normalized spacial score (nSPS) is 12.2. The van der Waals surface area contributed by atoms with Crippen molar-refractivity contribution in [1.82, 2.24) is 0 Å². The van der Waals surface area contributed by atoms with E-state index in [4.69, 9.17) is 39.9 Å². The van der Waals surface area contributed by atoms with Gasteiger partial charge in [0.2, 0.25) is 0 Å². The average Bonchev–Trinajstić information content (AvgIpc) is 2.43. The molecule has 1 aromatic carbocycles. The van der Waals surface area contributed by atoms with Gasteiger partial charge >= 0.3 is 11.9 Å². The zero-order valence-electron chi connectivity index (χ0n) is 11.4. The number of hydrogen-bond acceptors (Lipinski definition) is 5. The number of aromatic carboxylic acids is 1. The molecule has 1 aromatic rings. The van der Waals surface area contributed by atoms with Crippen LogP contribution in [0.1, 0.15) is 17.3 Å². The number of Topliss-reactive ketones (excluding diaryl/α,β-unsaturated/α-hetero) is 1. The van der Waals surface area contributed by atoms with Gasteiger partial charge < -0.3 is 9.84 Å². The Hall–Kier alpha value is -1.63.